The Morgan fingerprint density at radius 3 is 2.48 bits per heavy atom. The number of likely N-dealkylation sites (N-methyl/N-ethyl adjacent to an activating group) is 1. The number of rotatable bonds is 9. The zero-order valence-corrected chi connectivity index (χ0v) is 23.4. The maximum atomic E-state index is 13.9. The Morgan fingerprint density at radius 1 is 1.23 bits per heavy atom. The van der Waals surface area contributed by atoms with Crippen molar-refractivity contribution < 1.29 is 43.7 Å². The zero-order chi connectivity index (χ0) is 29.7. The van der Waals surface area contributed by atoms with Gasteiger partial charge in [-0.1, -0.05) is 0 Å². The van der Waals surface area contributed by atoms with E-state index in [4.69, 9.17) is 15.2 Å². The molecule has 6 atom stereocenters. The number of hydrogen-bond acceptors (Lipinski definition) is 11. The summed E-state index contributed by atoms with van der Waals surface area (Å²) in [7, 11) is 4.53. The minimum absolute atomic E-state index is 0.0250. The molecule has 2 unspecified atom stereocenters. The number of Topliss-reactive ketones (excluding diaryl/α,β-unsaturated/α-hetero) is 4. The van der Waals surface area contributed by atoms with E-state index >= 15 is 0 Å². The first-order valence-electron chi connectivity index (χ1n) is 13.4. The molecule has 0 spiro atoms. The van der Waals surface area contributed by atoms with E-state index in [0.717, 1.165) is 0 Å². The van der Waals surface area contributed by atoms with Crippen molar-refractivity contribution in [1.82, 2.24) is 10.2 Å². The van der Waals surface area contributed by atoms with E-state index in [1.54, 1.807) is 14.1 Å². The highest BCUT2D eigenvalue weighted by Gasteiger charge is 2.69. The summed E-state index contributed by atoms with van der Waals surface area (Å²) >= 11 is 0. The van der Waals surface area contributed by atoms with Crippen LogP contribution >= 0.6 is 0 Å². The van der Waals surface area contributed by atoms with Crippen molar-refractivity contribution in [3.8, 4) is 11.5 Å². The molecule has 218 valence electrons. The minimum Gasteiger partial charge on any atom is -0.507 e. The Morgan fingerprint density at radius 2 is 1.90 bits per heavy atom. The zero-order valence-electron chi connectivity index (χ0n) is 23.4. The van der Waals surface area contributed by atoms with Crippen LogP contribution in [0.2, 0.25) is 0 Å². The Hall–Kier alpha value is -3.19. The number of benzene rings is 1. The van der Waals surface area contributed by atoms with E-state index in [-0.39, 0.29) is 30.3 Å². The molecule has 0 aromatic heterocycles. The Bertz CT molecular complexity index is 1260. The Kier molecular flexibility index (Phi) is 8.19. The van der Waals surface area contributed by atoms with Crippen LogP contribution in [0.1, 0.15) is 41.8 Å². The lowest BCUT2D eigenvalue weighted by Gasteiger charge is -2.52. The molecule has 40 heavy (non-hydrogen) atoms. The number of hydrogen-bond donors (Lipinski definition) is 4. The van der Waals surface area contributed by atoms with E-state index < -0.39 is 64.4 Å². The lowest BCUT2D eigenvalue weighted by atomic mass is 9.52. The van der Waals surface area contributed by atoms with Crippen LogP contribution in [0.3, 0.4) is 0 Å². The van der Waals surface area contributed by atoms with Gasteiger partial charge in [0.25, 0.3) is 0 Å². The van der Waals surface area contributed by atoms with Gasteiger partial charge in [-0.05, 0) is 52.8 Å². The normalized spacial score (nSPS) is 29.9. The largest absolute Gasteiger partial charge is 0.507 e. The van der Waals surface area contributed by atoms with Crippen molar-refractivity contribution in [1.29, 1.82) is 0 Å². The van der Waals surface area contributed by atoms with Gasteiger partial charge >= 0.3 is 0 Å². The lowest BCUT2D eigenvalue weighted by molar-refractivity contribution is -0.181. The summed E-state index contributed by atoms with van der Waals surface area (Å²) < 4.78 is 11.2. The molecule has 1 amide bonds. The molecule has 0 heterocycles. The van der Waals surface area contributed by atoms with Crippen molar-refractivity contribution in [3.05, 3.63) is 22.8 Å². The number of aromatic hydroxyl groups is 1. The van der Waals surface area contributed by atoms with Gasteiger partial charge in [0.1, 0.15) is 11.5 Å². The number of fused-ring (bicyclic) bond motifs is 3. The van der Waals surface area contributed by atoms with E-state index in [1.807, 2.05) is 13.8 Å². The number of nitrogens with one attached hydrogen (secondary N) is 1. The van der Waals surface area contributed by atoms with E-state index in [1.165, 1.54) is 18.1 Å². The lowest BCUT2D eigenvalue weighted by Crippen LogP contribution is -2.74. The molecule has 0 saturated heterocycles. The number of nitrogens with zero attached hydrogens (tertiary/aromatic N) is 1. The number of nitrogens with two attached hydrogens (primary N) is 1. The third-order valence-electron chi connectivity index (χ3n) is 8.34. The van der Waals surface area contributed by atoms with Crippen molar-refractivity contribution in [2.45, 2.75) is 51.0 Å². The fourth-order valence-corrected chi connectivity index (χ4v) is 6.69. The molecule has 0 bridgehead atoms. The van der Waals surface area contributed by atoms with Gasteiger partial charge in [-0.2, -0.15) is 0 Å². The van der Waals surface area contributed by atoms with E-state index in [9.17, 15) is 34.2 Å². The number of phenols is 1. The molecule has 4 rings (SSSR count). The highest BCUT2D eigenvalue weighted by molar-refractivity contribution is 6.32. The first-order valence-corrected chi connectivity index (χ1v) is 13.4. The third kappa shape index (κ3) is 4.62. The molecule has 1 aromatic rings. The van der Waals surface area contributed by atoms with Gasteiger partial charge in [0.2, 0.25) is 5.91 Å². The summed E-state index contributed by atoms with van der Waals surface area (Å²) in [6.07, 6.45) is 0.192. The molecule has 3 aliphatic rings. The number of carbonyl (C=O) groups excluding carboxylic acids is 5. The van der Waals surface area contributed by atoms with Crippen LogP contribution in [0.25, 0.3) is 0 Å². The fraction of sp³-hybridized carbons (Fsp3) is 0.607. The second kappa shape index (κ2) is 11.0. The van der Waals surface area contributed by atoms with Crippen molar-refractivity contribution >= 4 is 29.0 Å². The summed E-state index contributed by atoms with van der Waals surface area (Å²) in [5.74, 6) is -10.4. The van der Waals surface area contributed by atoms with Crippen molar-refractivity contribution in [3.63, 3.8) is 0 Å². The van der Waals surface area contributed by atoms with Gasteiger partial charge in [0, 0.05) is 30.1 Å². The quantitative estimate of drug-likeness (QED) is 0.223. The maximum Gasteiger partial charge on any atom is 0.235 e. The number of ether oxygens (including phenoxy) is 2. The molecular weight excluding hydrogens is 522 g/mol. The van der Waals surface area contributed by atoms with Crippen LogP contribution in [0.5, 0.6) is 11.5 Å². The first kappa shape index (κ1) is 29.8. The van der Waals surface area contributed by atoms with E-state index in [2.05, 4.69) is 5.32 Å². The number of phenolic OH excluding ortho intramolecular Hbond substituents is 1. The van der Waals surface area contributed by atoms with Gasteiger partial charge in [-0.3, -0.25) is 28.9 Å². The van der Waals surface area contributed by atoms with Gasteiger partial charge in [0.05, 0.1) is 37.3 Å². The summed E-state index contributed by atoms with van der Waals surface area (Å²) in [6, 6.07) is 0.243. The molecule has 12 heteroatoms. The highest BCUT2D eigenvalue weighted by Crippen LogP contribution is 2.52. The van der Waals surface area contributed by atoms with Crippen LogP contribution in [0, 0.1) is 23.7 Å². The SMILES string of the molecule is COc1c(CNCCOC(C)C)cc(O)c2c1C[C@H]1C[C@H]3[C@H](N(C)C)C(=O)C(C(N)=O)C(=O)[C@@]3(O)C(=O)C1C2=O. The van der Waals surface area contributed by atoms with Crippen LogP contribution in [-0.4, -0.2) is 96.3 Å². The van der Waals surface area contributed by atoms with Crippen LogP contribution in [0.4, 0.5) is 0 Å². The number of aliphatic hydroxyl groups is 1. The molecular formula is C28H37N3O9. The van der Waals surface area contributed by atoms with Crippen LogP contribution in [0.15, 0.2) is 6.07 Å². The molecule has 0 radical (unpaired) electrons. The molecule has 2 fully saturated rings. The summed E-state index contributed by atoms with van der Waals surface area (Å²) in [6.45, 7) is 5.20. The smallest absolute Gasteiger partial charge is 0.235 e. The van der Waals surface area contributed by atoms with Crippen LogP contribution < -0.4 is 15.8 Å². The Balaban J connectivity index is 1.73. The van der Waals surface area contributed by atoms with Gasteiger partial charge < -0.3 is 30.7 Å². The van der Waals surface area contributed by atoms with E-state index in [0.29, 0.717) is 36.6 Å². The highest BCUT2D eigenvalue weighted by atomic mass is 16.5. The molecule has 12 nitrogen and oxygen atoms in total. The average molecular weight is 560 g/mol. The molecule has 1 aromatic carbocycles. The van der Waals surface area contributed by atoms with Crippen molar-refractivity contribution in [2.24, 2.45) is 29.4 Å². The predicted octanol–water partition coefficient (Wildman–Crippen LogP) is -0.610. The molecule has 5 N–H and O–H groups in total. The summed E-state index contributed by atoms with van der Waals surface area (Å²) in [5, 5.41) is 25.8. The number of carbonyl (C=O) groups is 5. The Labute approximate surface area is 232 Å². The van der Waals surface area contributed by atoms with Crippen LogP contribution in [-0.2, 0) is 36.9 Å². The second-order valence-electron chi connectivity index (χ2n) is 11.3. The number of amides is 1. The fourth-order valence-electron chi connectivity index (χ4n) is 6.69. The molecule has 2 saturated carbocycles. The number of primary amides is 1. The van der Waals surface area contributed by atoms with Gasteiger partial charge in [-0.15, -0.1) is 0 Å². The average Bonchev–Trinajstić information content (AvgIpc) is 2.85. The van der Waals surface area contributed by atoms with Crippen molar-refractivity contribution in [2.75, 3.05) is 34.4 Å². The first-order chi connectivity index (χ1) is 18.8. The third-order valence-corrected chi connectivity index (χ3v) is 8.34. The summed E-state index contributed by atoms with van der Waals surface area (Å²) in [4.78, 5) is 67.7. The molecule has 3 aliphatic carbocycles. The monoisotopic (exact) mass is 559 g/mol. The number of ketones is 4. The number of methoxy groups -OCH3 is 1. The topological polar surface area (TPSA) is 186 Å². The second-order valence-corrected chi connectivity index (χ2v) is 11.3. The molecule has 0 aliphatic heterocycles. The maximum absolute atomic E-state index is 13.9. The summed E-state index contributed by atoms with van der Waals surface area (Å²) in [5.41, 5.74) is 3.52. The van der Waals surface area contributed by atoms with Gasteiger partial charge in [-0.25, -0.2) is 0 Å². The minimum atomic E-state index is -2.75. The predicted molar refractivity (Wildman–Crippen MR) is 141 cm³/mol. The van der Waals surface area contributed by atoms with Gasteiger partial charge in [0.15, 0.2) is 34.7 Å². The standard InChI is InChI=1S/C28H37N3O9/c1-12(2)40-7-6-30-11-14-10-17(32)19-15(24(14)39-5)8-13-9-16-21(31(3)4)23(34)20(27(29)37)26(36)28(16,38)25(35)18(13)22(19)33/h10,12-13,16,18,20-21,30,32,38H,6-9,11H2,1-5H3,(H2,29,37)/t13-,16-,18?,20?,21-,28-/m0/s1.